The van der Waals surface area contributed by atoms with Crippen LogP contribution in [0.5, 0.6) is 0 Å². The third kappa shape index (κ3) is 2.20. The van der Waals surface area contributed by atoms with Crippen molar-refractivity contribution in [3.05, 3.63) is 24.3 Å². The molecule has 0 aliphatic heterocycles. The van der Waals surface area contributed by atoms with Gasteiger partial charge in [-0.2, -0.15) is 0 Å². The minimum Gasteiger partial charge on any atom is -0.381 e. The van der Waals surface area contributed by atoms with Crippen molar-refractivity contribution in [3.8, 4) is 0 Å². The summed E-state index contributed by atoms with van der Waals surface area (Å²) in [7, 11) is -3.65. The van der Waals surface area contributed by atoms with Crippen LogP contribution in [0.1, 0.15) is 20.3 Å². The molecule has 0 radical (unpaired) electrons. The van der Waals surface area contributed by atoms with Crippen LogP contribution in [0.2, 0.25) is 0 Å². The fourth-order valence-electron chi connectivity index (χ4n) is 1.74. The van der Waals surface area contributed by atoms with E-state index in [4.69, 9.17) is 5.14 Å². The Morgan fingerprint density at radius 1 is 1.38 bits per heavy atom. The van der Waals surface area contributed by atoms with Crippen LogP contribution in [0.4, 0.5) is 5.69 Å². The number of sulfonamides is 1. The molecule has 0 bridgehead atoms. The van der Waals surface area contributed by atoms with Crippen LogP contribution >= 0.6 is 0 Å². The predicted molar refractivity (Wildman–Crippen MR) is 63.6 cm³/mol. The predicted octanol–water partition coefficient (Wildman–Crippen LogP) is 1.54. The molecule has 0 aromatic heterocycles. The highest BCUT2D eigenvalue weighted by molar-refractivity contribution is 7.89. The van der Waals surface area contributed by atoms with Crippen LogP contribution in [0.25, 0.3) is 0 Å². The van der Waals surface area contributed by atoms with E-state index in [1.54, 1.807) is 18.2 Å². The standard InChI is InChI=1S/C11H16N2O2S/c1-11(2)7-10(11)13-8-5-3-4-6-9(8)16(12,14)15/h3-6,10,13H,7H2,1-2H3,(H2,12,14,15). The third-order valence-electron chi connectivity index (χ3n) is 3.04. The van der Waals surface area contributed by atoms with E-state index >= 15 is 0 Å². The van der Waals surface area contributed by atoms with Gasteiger partial charge in [0.1, 0.15) is 4.90 Å². The number of nitrogens with one attached hydrogen (secondary N) is 1. The molecule has 0 spiro atoms. The van der Waals surface area contributed by atoms with Crippen LogP contribution in [0.15, 0.2) is 29.2 Å². The number of hydrogen-bond acceptors (Lipinski definition) is 3. The Labute approximate surface area is 95.9 Å². The lowest BCUT2D eigenvalue weighted by Gasteiger charge is -2.11. The Hall–Kier alpha value is -1.07. The molecular weight excluding hydrogens is 224 g/mol. The monoisotopic (exact) mass is 240 g/mol. The quantitative estimate of drug-likeness (QED) is 0.842. The second kappa shape index (κ2) is 3.46. The molecule has 1 aliphatic carbocycles. The minimum atomic E-state index is -3.65. The van der Waals surface area contributed by atoms with Crippen molar-refractivity contribution in [1.82, 2.24) is 0 Å². The summed E-state index contributed by atoms with van der Waals surface area (Å²) in [6.45, 7) is 4.29. The summed E-state index contributed by atoms with van der Waals surface area (Å²) >= 11 is 0. The zero-order valence-electron chi connectivity index (χ0n) is 9.40. The van der Waals surface area contributed by atoms with Crippen molar-refractivity contribution in [1.29, 1.82) is 0 Å². The van der Waals surface area contributed by atoms with Crippen molar-refractivity contribution in [2.75, 3.05) is 5.32 Å². The molecule has 0 heterocycles. The first kappa shape index (κ1) is 11.4. The topological polar surface area (TPSA) is 72.2 Å². The van der Waals surface area contributed by atoms with Crippen molar-refractivity contribution in [3.63, 3.8) is 0 Å². The summed E-state index contributed by atoms with van der Waals surface area (Å²) in [4.78, 5) is 0.165. The molecule has 3 N–H and O–H groups in total. The third-order valence-corrected chi connectivity index (χ3v) is 4.01. The molecule has 2 rings (SSSR count). The van der Waals surface area contributed by atoms with Gasteiger partial charge < -0.3 is 5.32 Å². The van der Waals surface area contributed by atoms with E-state index in [1.165, 1.54) is 6.07 Å². The first-order chi connectivity index (χ1) is 7.31. The van der Waals surface area contributed by atoms with E-state index in [1.807, 2.05) is 0 Å². The lowest BCUT2D eigenvalue weighted by molar-refractivity contribution is 0.597. The zero-order chi connectivity index (χ0) is 12.0. The molecule has 1 aromatic carbocycles. The minimum absolute atomic E-state index is 0.165. The maximum Gasteiger partial charge on any atom is 0.240 e. The molecule has 16 heavy (non-hydrogen) atoms. The molecule has 1 saturated carbocycles. The van der Waals surface area contributed by atoms with E-state index < -0.39 is 10.0 Å². The highest BCUT2D eigenvalue weighted by Gasteiger charge is 2.45. The molecule has 0 saturated heterocycles. The summed E-state index contributed by atoms with van der Waals surface area (Å²) in [5.74, 6) is 0. The van der Waals surface area contributed by atoms with E-state index in [-0.39, 0.29) is 10.3 Å². The molecule has 4 nitrogen and oxygen atoms in total. The number of anilines is 1. The molecule has 1 unspecified atom stereocenters. The van der Waals surface area contributed by atoms with Crippen molar-refractivity contribution in [2.24, 2.45) is 10.6 Å². The van der Waals surface area contributed by atoms with Gasteiger partial charge in [-0.25, -0.2) is 13.6 Å². The Balaban J connectivity index is 2.28. The maximum absolute atomic E-state index is 11.4. The van der Waals surface area contributed by atoms with Crippen LogP contribution < -0.4 is 10.5 Å². The van der Waals surface area contributed by atoms with Gasteiger partial charge in [-0.15, -0.1) is 0 Å². The van der Waals surface area contributed by atoms with Gasteiger partial charge in [-0.3, -0.25) is 0 Å². The second-order valence-corrected chi connectivity index (χ2v) is 6.46. The van der Waals surface area contributed by atoms with Gasteiger partial charge in [0.15, 0.2) is 0 Å². The Morgan fingerprint density at radius 3 is 2.44 bits per heavy atom. The highest BCUT2D eigenvalue weighted by atomic mass is 32.2. The van der Waals surface area contributed by atoms with E-state index in [2.05, 4.69) is 19.2 Å². The first-order valence-corrected chi connectivity index (χ1v) is 6.74. The summed E-state index contributed by atoms with van der Waals surface area (Å²) in [6, 6.07) is 7.06. The van der Waals surface area contributed by atoms with Crippen molar-refractivity contribution in [2.45, 2.75) is 31.2 Å². The van der Waals surface area contributed by atoms with Gasteiger partial charge in [0.25, 0.3) is 0 Å². The van der Waals surface area contributed by atoms with Crippen LogP contribution in [-0.2, 0) is 10.0 Å². The van der Waals surface area contributed by atoms with Gasteiger partial charge in [0, 0.05) is 6.04 Å². The maximum atomic E-state index is 11.4. The Bertz CT molecular complexity index is 508. The number of para-hydroxylation sites is 1. The van der Waals surface area contributed by atoms with Crippen LogP contribution in [0.3, 0.4) is 0 Å². The Kier molecular flexibility index (Phi) is 2.47. The zero-order valence-corrected chi connectivity index (χ0v) is 10.2. The molecule has 5 heteroatoms. The van der Waals surface area contributed by atoms with Gasteiger partial charge in [0.2, 0.25) is 10.0 Å². The lowest BCUT2D eigenvalue weighted by Crippen LogP contribution is -2.17. The molecule has 1 fully saturated rings. The fraction of sp³-hybridized carbons (Fsp3) is 0.455. The van der Waals surface area contributed by atoms with E-state index in [9.17, 15) is 8.42 Å². The smallest absolute Gasteiger partial charge is 0.240 e. The van der Waals surface area contributed by atoms with Crippen molar-refractivity contribution >= 4 is 15.7 Å². The molecule has 88 valence electrons. The molecule has 0 amide bonds. The van der Waals surface area contributed by atoms with E-state index in [0.717, 1.165) is 6.42 Å². The molecule has 1 aromatic rings. The summed E-state index contributed by atoms with van der Waals surface area (Å²) in [5, 5.41) is 8.38. The summed E-state index contributed by atoms with van der Waals surface area (Å²) in [5.41, 5.74) is 0.839. The summed E-state index contributed by atoms with van der Waals surface area (Å²) in [6.07, 6.45) is 1.05. The molecule has 1 atom stereocenters. The van der Waals surface area contributed by atoms with Crippen molar-refractivity contribution < 1.29 is 8.42 Å². The average Bonchev–Trinajstić information content (AvgIpc) is 2.72. The second-order valence-electron chi connectivity index (χ2n) is 4.93. The van der Waals surface area contributed by atoms with E-state index in [0.29, 0.717) is 11.7 Å². The van der Waals surface area contributed by atoms with Crippen LogP contribution in [-0.4, -0.2) is 14.5 Å². The number of primary sulfonamides is 1. The largest absolute Gasteiger partial charge is 0.381 e. The fourth-order valence-corrected chi connectivity index (χ4v) is 2.44. The Morgan fingerprint density at radius 2 is 1.94 bits per heavy atom. The molecular formula is C11H16N2O2S. The lowest BCUT2D eigenvalue weighted by atomic mass is 10.2. The van der Waals surface area contributed by atoms with Crippen LogP contribution in [0, 0.1) is 5.41 Å². The van der Waals surface area contributed by atoms with Gasteiger partial charge in [-0.1, -0.05) is 26.0 Å². The number of hydrogen-bond donors (Lipinski definition) is 2. The highest BCUT2D eigenvalue weighted by Crippen LogP contribution is 2.46. The van der Waals surface area contributed by atoms with Gasteiger partial charge >= 0.3 is 0 Å². The first-order valence-electron chi connectivity index (χ1n) is 5.19. The SMILES string of the molecule is CC1(C)CC1Nc1ccccc1S(N)(=O)=O. The van der Waals surface area contributed by atoms with Gasteiger partial charge in [-0.05, 0) is 24.0 Å². The normalized spacial score (nSPS) is 22.8. The number of rotatable bonds is 3. The number of nitrogens with two attached hydrogens (primary N) is 1. The average molecular weight is 240 g/mol. The van der Waals surface area contributed by atoms with Gasteiger partial charge in [0.05, 0.1) is 5.69 Å². The number of benzene rings is 1. The molecule has 1 aliphatic rings. The summed E-state index contributed by atoms with van der Waals surface area (Å²) < 4.78 is 22.7.